The maximum absolute atomic E-state index is 13.6. The molecule has 1 aliphatic carbocycles. The average molecular weight is 691 g/mol. The summed E-state index contributed by atoms with van der Waals surface area (Å²) in [6, 6.07) is 23.3. The Labute approximate surface area is 294 Å². The Bertz CT molecular complexity index is 2040. The second-order valence-electron chi connectivity index (χ2n) is 13.2. The molecule has 1 fully saturated rings. The lowest BCUT2D eigenvalue weighted by Gasteiger charge is -2.40. The van der Waals surface area contributed by atoms with Crippen molar-refractivity contribution in [2.75, 3.05) is 43.1 Å². The van der Waals surface area contributed by atoms with Crippen LogP contribution in [0.5, 0.6) is 11.5 Å². The van der Waals surface area contributed by atoms with Crippen molar-refractivity contribution in [1.29, 1.82) is 0 Å². The maximum Gasteiger partial charge on any atom is 0.266 e. The van der Waals surface area contributed by atoms with Crippen molar-refractivity contribution in [2.24, 2.45) is 5.92 Å². The first-order valence-electron chi connectivity index (χ1n) is 17.0. The lowest BCUT2D eigenvalue weighted by atomic mass is 9.78. The molecule has 7 rings (SSSR count). The number of hydrogen-bond donors (Lipinski definition) is 4. The summed E-state index contributed by atoms with van der Waals surface area (Å²) in [4.78, 5) is 26.4. The number of carbonyl (C=O) groups is 1. The topological polar surface area (TPSA) is 123 Å². The number of pyridine rings is 1. The zero-order valence-electron chi connectivity index (χ0n) is 28.3. The molecule has 0 spiro atoms. The van der Waals surface area contributed by atoms with Crippen LogP contribution >= 0.6 is 0 Å². The molecule has 50 heavy (non-hydrogen) atoms. The van der Waals surface area contributed by atoms with Crippen LogP contribution in [0.1, 0.15) is 45.8 Å². The van der Waals surface area contributed by atoms with E-state index in [1.807, 2.05) is 37.4 Å². The molecule has 3 aromatic carbocycles. The van der Waals surface area contributed by atoms with Crippen LogP contribution in [0.3, 0.4) is 0 Å². The molecule has 5 aromatic rings. The van der Waals surface area contributed by atoms with Gasteiger partial charge in [-0.25, -0.2) is 9.19 Å². The van der Waals surface area contributed by atoms with Crippen LogP contribution < -0.4 is 19.8 Å². The molecule has 4 N–H and O–H groups in total. The average Bonchev–Trinajstić information content (AvgIpc) is 3.61. The molecular weight excluding hydrogens is 649 g/mol. The third-order valence-electron chi connectivity index (χ3n) is 9.84. The van der Waals surface area contributed by atoms with E-state index in [-0.39, 0.29) is 5.56 Å². The Morgan fingerprint density at radius 2 is 1.78 bits per heavy atom. The number of fused-ring (bicyclic) bond motifs is 1. The second-order valence-corrected chi connectivity index (χ2v) is 14.4. The number of anilines is 2. The highest BCUT2D eigenvalue weighted by Crippen LogP contribution is 2.36. The summed E-state index contributed by atoms with van der Waals surface area (Å²) < 4.78 is 22.1. The summed E-state index contributed by atoms with van der Waals surface area (Å²) in [6.07, 6.45) is 10.3. The van der Waals surface area contributed by atoms with Crippen LogP contribution in [0.25, 0.3) is 11.0 Å². The highest BCUT2D eigenvalue weighted by Gasteiger charge is 2.28. The third kappa shape index (κ3) is 7.45. The van der Waals surface area contributed by atoms with Gasteiger partial charge >= 0.3 is 0 Å². The van der Waals surface area contributed by atoms with Crippen molar-refractivity contribution < 1.29 is 18.9 Å². The molecule has 3 heterocycles. The van der Waals surface area contributed by atoms with E-state index in [0.717, 1.165) is 67.8 Å². The van der Waals surface area contributed by atoms with Gasteiger partial charge in [0.05, 0.1) is 22.3 Å². The van der Waals surface area contributed by atoms with Gasteiger partial charge in [-0.05, 0) is 86.1 Å². The normalized spacial score (nSPS) is 18.6. The third-order valence-corrected chi connectivity index (χ3v) is 10.9. The first-order chi connectivity index (χ1) is 24.3. The monoisotopic (exact) mass is 690 g/mol. The minimum Gasteiger partial charge on any atom is -0.455 e. The molecular formula is C39H42N6O4S. The van der Waals surface area contributed by atoms with Crippen LogP contribution in [0, 0.1) is 19.8 Å². The molecule has 0 radical (unpaired) electrons. The standard InChI is InChI=1S/C39H42N6O4S/c1-26-7-10-28(11-8-26)34-6-4-3-5-30(34)25-44-17-19-45(20-18-44)31-12-14-35(37(22-31)49-32-21-29-15-16-40-38(29)41-24-32)39(46)43-50(48)33-13-9-27(2)36(23-33)42-47/h3-4,7-16,21-24,30,34,42,47H,5-6,17-20,25H2,1-2H3,(H,40,41)(H,43,46). The van der Waals surface area contributed by atoms with E-state index in [9.17, 15) is 14.2 Å². The van der Waals surface area contributed by atoms with Gasteiger partial charge in [0.1, 0.15) is 17.1 Å². The summed E-state index contributed by atoms with van der Waals surface area (Å²) in [5.74, 6) is 1.39. The molecule has 258 valence electrons. The van der Waals surface area contributed by atoms with E-state index in [1.54, 1.807) is 24.4 Å². The van der Waals surface area contributed by atoms with Gasteiger partial charge in [-0.3, -0.25) is 25.1 Å². The molecule has 0 bridgehead atoms. The largest absolute Gasteiger partial charge is 0.455 e. The number of hydrogen-bond acceptors (Lipinski definition) is 8. The fourth-order valence-electron chi connectivity index (χ4n) is 6.93. The predicted molar refractivity (Wildman–Crippen MR) is 198 cm³/mol. The molecule has 2 aromatic heterocycles. The number of nitrogens with zero attached hydrogens (tertiary/aromatic N) is 3. The van der Waals surface area contributed by atoms with Gasteiger partial charge in [-0.15, -0.1) is 0 Å². The van der Waals surface area contributed by atoms with Crippen molar-refractivity contribution >= 4 is 39.3 Å². The highest BCUT2D eigenvalue weighted by atomic mass is 32.2. The number of aryl methyl sites for hydroxylation is 2. The number of nitrogens with one attached hydrogen (secondary N) is 3. The van der Waals surface area contributed by atoms with Crippen LogP contribution in [-0.4, -0.2) is 62.9 Å². The predicted octanol–water partition coefficient (Wildman–Crippen LogP) is 7.10. The number of aromatic amines is 1. The molecule has 11 heteroatoms. The van der Waals surface area contributed by atoms with E-state index in [1.165, 1.54) is 17.2 Å². The number of allylic oxidation sites excluding steroid dienone is 2. The van der Waals surface area contributed by atoms with Crippen LogP contribution in [0.4, 0.5) is 11.4 Å². The molecule has 3 atom stereocenters. The molecule has 10 nitrogen and oxygen atoms in total. The number of amides is 1. The van der Waals surface area contributed by atoms with Gasteiger partial charge in [0, 0.05) is 56.1 Å². The number of piperazine rings is 1. The number of rotatable bonds is 10. The summed E-state index contributed by atoms with van der Waals surface area (Å²) in [5, 5.41) is 10.3. The number of benzene rings is 3. The summed E-state index contributed by atoms with van der Waals surface area (Å²) in [7, 11) is -1.88. The van der Waals surface area contributed by atoms with Gasteiger partial charge in [0.15, 0.2) is 11.0 Å². The number of aromatic nitrogens is 2. The van der Waals surface area contributed by atoms with Gasteiger partial charge in [-0.1, -0.05) is 48.0 Å². The molecule has 1 aliphatic heterocycles. The van der Waals surface area contributed by atoms with Crippen LogP contribution in [-0.2, 0) is 11.0 Å². The van der Waals surface area contributed by atoms with Crippen molar-refractivity contribution in [3.63, 3.8) is 0 Å². The zero-order chi connectivity index (χ0) is 34.6. The molecule has 0 saturated carbocycles. The van der Waals surface area contributed by atoms with Crippen molar-refractivity contribution in [1.82, 2.24) is 19.6 Å². The van der Waals surface area contributed by atoms with E-state index >= 15 is 0 Å². The second kappa shape index (κ2) is 14.9. The van der Waals surface area contributed by atoms with E-state index in [2.05, 4.69) is 73.3 Å². The van der Waals surface area contributed by atoms with Crippen molar-refractivity contribution in [2.45, 2.75) is 37.5 Å². The van der Waals surface area contributed by atoms with Gasteiger partial charge in [0.25, 0.3) is 5.91 Å². The van der Waals surface area contributed by atoms with Crippen LogP contribution in [0.15, 0.2) is 102 Å². The summed E-state index contributed by atoms with van der Waals surface area (Å²) in [6.45, 7) is 8.58. The first-order valence-corrected chi connectivity index (χ1v) is 18.2. The first kappa shape index (κ1) is 33.5. The molecule has 1 saturated heterocycles. The fourth-order valence-corrected chi connectivity index (χ4v) is 7.74. The molecule has 1 amide bonds. The van der Waals surface area contributed by atoms with Crippen LogP contribution in [0.2, 0.25) is 0 Å². The lowest BCUT2D eigenvalue weighted by Crippen LogP contribution is -2.48. The minimum absolute atomic E-state index is 0.245. The van der Waals surface area contributed by atoms with Crippen molar-refractivity contribution in [3.05, 3.63) is 120 Å². The van der Waals surface area contributed by atoms with Gasteiger partial charge < -0.3 is 14.6 Å². The Hall–Kier alpha value is -4.97. The maximum atomic E-state index is 13.6. The fraction of sp³-hybridized carbons (Fsp3) is 0.282. The Morgan fingerprint density at radius 3 is 2.58 bits per heavy atom. The van der Waals surface area contributed by atoms with E-state index < -0.39 is 16.9 Å². The highest BCUT2D eigenvalue weighted by molar-refractivity contribution is 7.83. The quantitative estimate of drug-likeness (QED) is 0.0905. The molecule has 3 unspecified atom stereocenters. The van der Waals surface area contributed by atoms with E-state index in [4.69, 9.17) is 4.74 Å². The number of carbonyl (C=O) groups excluding carboxylic acids is 1. The smallest absolute Gasteiger partial charge is 0.266 e. The molecule has 2 aliphatic rings. The Morgan fingerprint density at radius 1 is 0.980 bits per heavy atom. The summed E-state index contributed by atoms with van der Waals surface area (Å²) in [5.41, 5.74) is 7.95. The van der Waals surface area contributed by atoms with Gasteiger partial charge in [0.2, 0.25) is 0 Å². The SMILES string of the molecule is Cc1ccc(C2CC=CCC2CN2CCN(c3ccc(C(=O)NS(=O)c4ccc(C)c(NO)c4)c(Oc4cnc5[nH]ccc5c4)c3)CC2)cc1. The summed E-state index contributed by atoms with van der Waals surface area (Å²) >= 11 is 0. The lowest BCUT2D eigenvalue weighted by molar-refractivity contribution is 0.0980. The van der Waals surface area contributed by atoms with E-state index in [0.29, 0.717) is 33.9 Å². The minimum atomic E-state index is -1.88. The van der Waals surface area contributed by atoms with Crippen molar-refractivity contribution in [3.8, 4) is 11.5 Å². The Balaban J connectivity index is 1.07. The number of H-pyrrole nitrogens is 1. The Kier molecular flexibility index (Phi) is 9.97. The number of ether oxygens (including phenoxy) is 1. The zero-order valence-corrected chi connectivity index (χ0v) is 29.1. The van der Waals surface area contributed by atoms with Gasteiger partial charge in [-0.2, -0.15) is 0 Å².